The predicted octanol–water partition coefficient (Wildman–Crippen LogP) is 2.65. The molecule has 0 aromatic heterocycles. The molecular weight excluding hydrogens is 431 g/mol. The third kappa shape index (κ3) is 4.58. The van der Waals surface area contributed by atoms with Crippen molar-refractivity contribution < 1.29 is 18.8 Å². The fourth-order valence-electron chi connectivity index (χ4n) is 2.95. The van der Waals surface area contributed by atoms with E-state index in [2.05, 4.69) is 10.7 Å². The van der Waals surface area contributed by atoms with Gasteiger partial charge >= 0.3 is 0 Å². The largest absolute Gasteiger partial charge is 0.356 e. The summed E-state index contributed by atoms with van der Waals surface area (Å²) in [6, 6.07) is 10.3. The van der Waals surface area contributed by atoms with Gasteiger partial charge in [-0.25, -0.2) is 9.40 Å². The molecule has 1 atom stereocenters. The molecule has 0 spiro atoms. The quantitative estimate of drug-likeness (QED) is 0.664. The van der Waals surface area contributed by atoms with Crippen LogP contribution in [0.1, 0.15) is 23.7 Å². The summed E-state index contributed by atoms with van der Waals surface area (Å²) < 4.78 is 13.3. The Morgan fingerprint density at radius 2 is 1.77 bits per heavy atom. The van der Waals surface area contributed by atoms with Crippen LogP contribution in [0, 0.1) is 5.82 Å². The Kier molecular flexibility index (Phi) is 6.63. The number of nitrogens with one attached hydrogen (secondary N) is 2. The second kappa shape index (κ2) is 9.19. The fourth-order valence-corrected chi connectivity index (χ4v) is 3.44. The van der Waals surface area contributed by atoms with Gasteiger partial charge in [-0.05, 0) is 67.7 Å². The number of nitrogens with zero attached hydrogens (tertiary/aromatic N) is 2. The first-order chi connectivity index (χ1) is 14.3. The summed E-state index contributed by atoms with van der Waals surface area (Å²) in [4.78, 5) is 39.1. The summed E-state index contributed by atoms with van der Waals surface area (Å²) in [6.45, 7) is 2.15. The SMILES string of the molecule is CCNC(=O)CC1C(=O)N(c2ccc(F)cc2)C(=S)N1NC(=O)c1ccc(Cl)cc1. The van der Waals surface area contributed by atoms with Gasteiger partial charge in [-0.2, -0.15) is 0 Å². The van der Waals surface area contributed by atoms with Crippen LogP contribution < -0.4 is 15.6 Å². The van der Waals surface area contributed by atoms with Crippen LogP contribution in [0.15, 0.2) is 48.5 Å². The van der Waals surface area contributed by atoms with Crippen LogP contribution in [0.25, 0.3) is 0 Å². The van der Waals surface area contributed by atoms with Crippen molar-refractivity contribution >= 4 is 52.3 Å². The van der Waals surface area contributed by atoms with Crippen molar-refractivity contribution in [1.82, 2.24) is 15.8 Å². The van der Waals surface area contributed by atoms with E-state index in [0.29, 0.717) is 22.8 Å². The molecule has 0 bridgehead atoms. The molecule has 156 valence electrons. The highest BCUT2D eigenvalue weighted by molar-refractivity contribution is 7.80. The van der Waals surface area contributed by atoms with Gasteiger partial charge in [-0.1, -0.05) is 11.6 Å². The monoisotopic (exact) mass is 448 g/mol. The van der Waals surface area contributed by atoms with Gasteiger partial charge in [0.15, 0.2) is 0 Å². The Balaban J connectivity index is 1.89. The minimum Gasteiger partial charge on any atom is -0.356 e. The van der Waals surface area contributed by atoms with Gasteiger partial charge in [0.1, 0.15) is 11.9 Å². The van der Waals surface area contributed by atoms with Gasteiger partial charge in [-0.15, -0.1) is 0 Å². The molecule has 30 heavy (non-hydrogen) atoms. The smallest absolute Gasteiger partial charge is 0.269 e. The van der Waals surface area contributed by atoms with Crippen LogP contribution in [-0.4, -0.2) is 40.4 Å². The zero-order valence-electron chi connectivity index (χ0n) is 15.9. The lowest BCUT2D eigenvalue weighted by Crippen LogP contribution is -2.50. The number of hydrogen-bond acceptors (Lipinski definition) is 4. The minimum atomic E-state index is -1.05. The van der Waals surface area contributed by atoms with Gasteiger partial charge in [0.2, 0.25) is 11.0 Å². The molecule has 1 heterocycles. The predicted molar refractivity (Wildman–Crippen MR) is 114 cm³/mol. The Morgan fingerprint density at radius 1 is 1.13 bits per heavy atom. The zero-order valence-corrected chi connectivity index (χ0v) is 17.5. The van der Waals surface area contributed by atoms with E-state index in [4.69, 9.17) is 23.8 Å². The minimum absolute atomic E-state index is 0.0248. The molecule has 1 unspecified atom stereocenters. The van der Waals surface area contributed by atoms with E-state index < -0.39 is 23.7 Å². The van der Waals surface area contributed by atoms with Crippen molar-refractivity contribution in [2.75, 3.05) is 11.4 Å². The molecule has 1 aliphatic rings. The number of amides is 3. The molecule has 3 amide bonds. The maximum Gasteiger partial charge on any atom is 0.269 e. The average molecular weight is 449 g/mol. The molecule has 0 aliphatic carbocycles. The molecule has 1 fully saturated rings. The van der Waals surface area contributed by atoms with Gasteiger partial charge < -0.3 is 5.32 Å². The summed E-state index contributed by atoms with van der Waals surface area (Å²) in [5, 5.41) is 4.26. The Hall–Kier alpha value is -3.04. The van der Waals surface area contributed by atoms with Crippen LogP contribution in [-0.2, 0) is 9.59 Å². The molecular formula is C20H18ClFN4O3S. The third-order valence-corrected chi connectivity index (χ3v) is 5.01. The second-order valence-electron chi connectivity index (χ2n) is 6.42. The number of carbonyl (C=O) groups is 3. The number of anilines is 1. The van der Waals surface area contributed by atoms with Crippen molar-refractivity contribution in [2.24, 2.45) is 0 Å². The number of rotatable bonds is 6. The molecule has 0 radical (unpaired) electrons. The molecule has 2 aromatic carbocycles. The van der Waals surface area contributed by atoms with Crippen LogP contribution in [0.4, 0.5) is 10.1 Å². The van der Waals surface area contributed by atoms with E-state index in [0.717, 1.165) is 0 Å². The molecule has 0 saturated carbocycles. The van der Waals surface area contributed by atoms with E-state index in [9.17, 15) is 18.8 Å². The van der Waals surface area contributed by atoms with Crippen molar-refractivity contribution in [2.45, 2.75) is 19.4 Å². The first kappa shape index (κ1) is 21.7. The standard InChI is InChI=1S/C20H18ClFN4O3S/c1-2-23-17(27)11-16-19(29)25(15-9-7-14(22)8-10-15)20(30)26(16)24-18(28)12-3-5-13(21)6-4-12/h3-10,16H,2,11H2,1H3,(H,23,27)(H,24,28). The van der Waals surface area contributed by atoms with Crippen molar-refractivity contribution in [1.29, 1.82) is 0 Å². The Bertz CT molecular complexity index is 985. The molecule has 3 rings (SSSR count). The number of carbonyl (C=O) groups excluding carboxylic acids is 3. The second-order valence-corrected chi connectivity index (χ2v) is 7.23. The first-order valence-corrected chi connectivity index (χ1v) is 9.86. The highest BCUT2D eigenvalue weighted by Gasteiger charge is 2.45. The number of halogens is 2. The molecule has 1 aliphatic heterocycles. The number of hydrogen-bond donors (Lipinski definition) is 2. The molecule has 2 N–H and O–H groups in total. The lowest BCUT2D eigenvalue weighted by atomic mass is 10.1. The van der Waals surface area contributed by atoms with E-state index >= 15 is 0 Å². The summed E-state index contributed by atoms with van der Waals surface area (Å²) in [5.41, 5.74) is 3.22. The van der Waals surface area contributed by atoms with E-state index in [1.54, 1.807) is 19.1 Å². The van der Waals surface area contributed by atoms with Crippen molar-refractivity contribution in [3.63, 3.8) is 0 Å². The number of hydrazine groups is 1. The van der Waals surface area contributed by atoms with Crippen LogP contribution in [0.2, 0.25) is 5.02 Å². The third-order valence-electron chi connectivity index (χ3n) is 4.38. The van der Waals surface area contributed by atoms with Crippen molar-refractivity contribution in [3.05, 3.63) is 64.9 Å². The molecule has 10 heteroatoms. The molecule has 1 saturated heterocycles. The van der Waals surface area contributed by atoms with Gasteiger partial charge in [0.25, 0.3) is 11.8 Å². The molecule has 2 aromatic rings. The zero-order chi connectivity index (χ0) is 21.8. The van der Waals surface area contributed by atoms with Gasteiger partial charge in [0, 0.05) is 17.1 Å². The van der Waals surface area contributed by atoms with Crippen LogP contribution in [0.5, 0.6) is 0 Å². The lowest BCUT2D eigenvalue weighted by molar-refractivity contribution is -0.127. The molecule has 7 nitrogen and oxygen atoms in total. The van der Waals surface area contributed by atoms with Crippen molar-refractivity contribution in [3.8, 4) is 0 Å². The van der Waals surface area contributed by atoms with E-state index in [1.165, 1.54) is 46.3 Å². The maximum absolute atomic E-state index is 13.3. The van der Waals surface area contributed by atoms with Gasteiger partial charge in [-0.3, -0.25) is 24.7 Å². The fraction of sp³-hybridized carbons (Fsp3) is 0.200. The summed E-state index contributed by atoms with van der Waals surface area (Å²) in [6.07, 6.45) is -0.217. The van der Waals surface area contributed by atoms with Crippen LogP contribution >= 0.6 is 23.8 Å². The van der Waals surface area contributed by atoms with E-state index in [-0.39, 0.29) is 17.4 Å². The summed E-state index contributed by atoms with van der Waals surface area (Å²) in [5.74, 6) is -1.87. The van der Waals surface area contributed by atoms with E-state index in [1.807, 2.05) is 0 Å². The first-order valence-electron chi connectivity index (χ1n) is 9.07. The lowest BCUT2D eigenvalue weighted by Gasteiger charge is -2.24. The highest BCUT2D eigenvalue weighted by atomic mass is 35.5. The highest BCUT2D eigenvalue weighted by Crippen LogP contribution is 2.26. The normalized spacial score (nSPS) is 16.0. The van der Waals surface area contributed by atoms with Gasteiger partial charge in [0.05, 0.1) is 12.1 Å². The summed E-state index contributed by atoms with van der Waals surface area (Å²) in [7, 11) is 0. The average Bonchev–Trinajstić information content (AvgIpc) is 2.93. The van der Waals surface area contributed by atoms with Crippen LogP contribution in [0.3, 0.4) is 0 Å². The maximum atomic E-state index is 13.3. The number of thiocarbonyl (C=S) groups is 1. The topological polar surface area (TPSA) is 81.8 Å². The number of benzene rings is 2. The Labute approximate surface area is 182 Å². The Morgan fingerprint density at radius 3 is 2.37 bits per heavy atom. The summed E-state index contributed by atoms with van der Waals surface area (Å²) >= 11 is 11.3.